The first kappa shape index (κ1) is 25.5. The van der Waals surface area contributed by atoms with E-state index in [0.717, 1.165) is 0 Å². The van der Waals surface area contributed by atoms with E-state index in [2.05, 4.69) is 0 Å². The number of nitrogens with zero attached hydrogens (tertiary/aromatic N) is 3. The number of hydrogen-bond acceptors (Lipinski definition) is 5. The Morgan fingerprint density at radius 3 is 2.00 bits per heavy atom. The molecule has 1 aliphatic heterocycles. The number of aliphatic hydroxyl groups is 2. The van der Waals surface area contributed by atoms with Crippen LogP contribution in [-0.4, -0.2) is 89.5 Å². The highest BCUT2D eigenvalue weighted by Crippen LogP contribution is 2.52. The van der Waals surface area contributed by atoms with Crippen molar-refractivity contribution in [1.82, 2.24) is 14.2 Å². The molecule has 2 N–H and O–H groups in total. The average Bonchev–Trinajstić information content (AvgIpc) is 2.53. The Kier molecular flexibility index (Phi) is 11.1. The van der Waals surface area contributed by atoms with E-state index in [9.17, 15) is 9.36 Å². The molecule has 8 nitrogen and oxygen atoms in total. The quantitative estimate of drug-likeness (QED) is 0.633. The second-order valence-corrected chi connectivity index (χ2v) is 10.1. The highest BCUT2D eigenvalue weighted by Gasteiger charge is 2.37. The second-order valence-electron chi connectivity index (χ2n) is 7.48. The minimum Gasteiger partial charge on any atom is -0.396 e. The van der Waals surface area contributed by atoms with Crippen molar-refractivity contribution < 1.29 is 24.1 Å². The number of rotatable bonds is 7. The van der Waals surface area contributed by atoms with Crippen LogP contribution < -0.4 is 0 Å². The number of carbonyl (C=O) groups is 1. The van der Waals surface area contributed by atoms with Gasteiger partial charge in [-0.2, -0.15) is 0 Å². The molecule has 1 atom stereocenters. The van der Waals surface area contributed by atoms with Gasteiger partial charge in [-0.05, 0) is 41.3 Å². The number of aliphatic hydroxyl groups excluding tert-OH is 1. The van der Waals surface area contributed by atoms with E-state index < -0.39 is 13.3 Å². The Hall–Kier alpha value is -0.500. The molecule has 0 aromatic carbocycles. The minimum atomic E-state index is -2.92. The molecule has 26 heavy (non-hydrogen) atoms. The molecule has 9 heteroatoms. The minimum absolute atomic E-state index is 0.0131. The van der Waals surface area contributed by atoms with Gasteiger partial charge in [-0.25, -0.2) is 9.34 Å². The van der Waals surface area contributed by atoms with Crippen LogP contribution >= 0.6 is 7.67 Å². The van der Waals surface area contributed by atoms with Crippen LogP contribution in [0.5, 0.6) is 0 Å². The molecule has 0 aliphatic carbocycles. The summed E-state index contributed by atoms with van der Waals surface area (Å²) in [6.07, 6.45) is 0.451. The van der Waals surface area contributed by atoms with Crippen LogP contribution in [0.1, 0.15) is 41.0 Å². The third-order valence-corrected chi connectivity index (χ3v) is 6.67. The predicted molar refractivity (Wildman–Crippen MR) is 104 cm³/mol. The maximum atomic E-state index is 12.8. The molecular formula is C17H38N3O5P. The molecule has 1 heterocycles. The summed E-state index contributed by atoms with van der Waals surface area (Å²) in [5.74, 6) is 0.176. The van der Waals surface area contributed by atoms with Crippen LogP contribution in [0.15, 0.2) is 0 Å². The van der Waals surface area contributed by atoms with Crippen molar-refractivity contribution in [3.63, 3.8) is 0 Å². The van der Waals surface area contributed by atoms with Gasteiger partial charge in [0.1, 0.15) is 0 Å². The lowest BCUT2D eigenvalue weighted by Crippen LogP contribution is -2.49. The Morgan fingerprint density at radius 2 is 1.73 bits per heavy atom. The van der Waals surface area contributed by atoms with E-state index in [1.54, 1.807) is 32.6 Å². The fraction of sp³-hybridized carbons (Fsp3) is 0.941. The van der Waals surface area contributed by atoms with Gasteiger partial charge in [0, 0.05) is 38.7 Å². The zero-order valence-electron chi connectivity index (χ0n) is 17.4. The maximum Gasteiger partial charge on any atom is 0.345 e. The van der Waals surface area contributed by atoms with E-state index in [4.69, 9.17) is 14.7 Å². The summed E-state index contributed by atoms with van der Waals surface area (Å²) in [6.45, 7) is 11.9. The molecule has 0 radical (unpaired) electrons. The molecule has 0 aromatic rings. The standard InChI is InChI=1S/C12H26N3O3P.C5H12O2/c1-6-18-19(17,13(4)5)15-9-7-14(8-10-15)12(16)11(2)3;1-5(2,7)3-4-6/h11H,6-10H2,1-5H3;6-7H,3-4H2,1-2H3. The molecule has 0 spiro atoms. The molecule has 1 fully saturated rings. The van der Waals surface area contributed by atoms with Gasteiger partial charge in [0.2, 0.25) is 5.91 Å². The van der Waals surface area contributed by atoms with Gasteiger partial charge in [-0.3, -0.25) is 9.36 Å². The van der Waals surface area contributed by atoms with Crippen molar-refractivity contribution in [2.45, 2.75) is 46.6 Å². The van der Waals surface area contributed by atoms with Gasteiger partial charge in [-0.1, -0.05) is 13.8 Å². The molecule has 1 aliphatic rings. The molecule has 156 valence electrons. The Balaban J connectivity index is 0.000000758. The van der Waals surface area contributed by atoms with E-state index >= 15 is 0 Å². The number of carbonyl (C=O) groups excluding carboxylic acids is 1. The van der Waals surface area contributed by atoms with Crippen LogP contribution in [0.4, 0.5) is 0 Å². The van der Waals surface area contributed by atoms with E-state index in [1.165, 1.54) is 0 Å². The van der Waals surface area contributed by atoms with Gasteiger partial charge in [-0.15, -0.1) is 0 Å². The van der Waals surface area contributed by atoms with Gasteiger partial charge in [0.25, 0.3) is 0 Å². The van der Waals surface area contributed by atoms with Crippen LogP contribution in [-0.2, 0) is 13.9 Å². The van der Waals surface area contributed by atoms with Crippen molar-refractivity contribution in [2.24, 2.45) is 5.92 Å². The van der Waals surface area contributed by atoms with Crippen LogP contribution in [0.25, 0.3) is 0 Å². The highest BCUT2D eigenvalue weighted by atomic mass is 31.2. The first-order valence-electron chi connectivity index (χ1n) is 9.18. The van der Waals surface area contributed by atoms with Gasteiger partial charge >= 0.3 is 7.67 Å². The van der Waals surface area contributed by atoms with Crippen molar-refractivity contribution in [1.29, 1.82) is 0 Å². The smallest absolute Gasteiger partial charge is 0.345 e. The van der Waals surface area contributed by atoms with Crippen molar-refractivity contribution in [3.8, 4) is 0 Å². The lowest BCUT2D eigenvalue weighted by Gasteiger charge is -2.40. The summed E-state index contributed by atoms with van der Waals surface area (Å²) in [7, 11) is 0.613. The summed E-state index contributed by atoms with van der Waals surface area (Å²) in [5, 5.41) is 17.1. The highest BCUT2D eigenvalue weighted by molar-refractivity contribution is 7.53. The zero-order valence-corrected chi connectivity index (χ0v) is 18.3. The van der Waals surface area contributed by atoms with E-state index in [-0.39, 0.29) is 18.4 Å². The Bertz CT molecular complexity index is 458. The topological polar surface area (TPSA) is 93.5 Å². The zero-order chi connectivity index (χ0) is 20.5. The van der Waals surface area contributed by atoms with E-state index in [0.29, 0.717) is 39.2 Å². The largest absolute Gasteiger partial charge is 0.396 e. The maximum absolute atomic E-state index is 12.8. The van der Waals surface area contributed by atoms with Crippen LogP contribution in [0.3, 0.4) is 0 Å². The van der Waals surface area contributed by atoms with Gasteiger partial charge in [0.05, 0.1) is 12.2 Å². The molecule has 1 amide bonds. The van der Waals surface area contributed by atoms with Gasteiger partial charge in [0.15, 0.2) is 0 Å². The molecule has 0 saturated carbocycles. The molecular weight excluding hydrogens is 357 g/mol. The summed E-state index contributed by atoms with van der Waals surface area (Å²) in [6, 6.07) is 0. The summed E-state index contributed by atoms with van der Waals surface area (Å²) in [4.78, 5) is 13.8. The Morgan fingerprint density at radius 1 is 1.23 bits per heavy atom. The van der Waals surface area contributed by atoms with Crippen LogP contribution in [0.2, 0.25) is 0 Å². The molecule has 0 aromatic heterocycles. The number of amides is 1. The normalized spacial score (nSPS) is 18.5. The SMILES string of the molecule is CC(C)(O)CCO.CCOP(=O)(N(C)C)N1CCN(C(=O)C(C)C)CC1. The summed E-state index contributed by atoms with van der Waals surface area (Å²) in [5.41, 5.74) is -0.700. The van der Waals surface area contributed by atoms with Crippen molar-refractivity contribution in [2.75, 3.05) is 53.5 Å². The van der Waals surface area contributed by atoms with E-state index in [1.807, 2.05) is 30.3 Å². The predicted octanol–water partition coefficient (Wildman–Crippen LogP) is 1.63. The van der Waals surface area contributed by atoms with Crippen molar-refractivity contribution in [3.05, 3.63) is 0 Å². The number of piperazine rings is 1. The first-order chi connectivity index (χ1) is 11.9. The third kappa shape index (κ3) is 8.46. The fourth-order valence-corrected chi connectivity index (χ4v) is 4.35. The monoisotopic (exact) mass is 395 g/mol. The molecule has 1 unspecified atom stereocenters. The first-order valence-corrected chi connectivity index (χ1v) is 10.7. The van der Waals surface area contributed by atoms with Gasteiger partial charge < -0.3 is 19.6 Å². The fourth-order valence-electron chi connectivity index (χ4n) is 2.43. The molecule has 1 rings (SSSR count). The summed E-state index contributed by atoms with van der Waals surface area (Å²) >= 11 is 0. The second kappa shape index (κ2) is 11.4. The molecule has 0 bridgehead atoms. The Labute approximate surface area is 158 Å². The third-order valence-electron chi connectivity index (χ3n) is 3.95. The average molecular weight is 395 g/mol. The van der Waals surface area contributed by atoms with Crippen molar-refractivity contribution >= 4 is 13.6 Å². The lowest BCUT2D eigenvalue weighted by molar-refractivity contribution is -0.135. The summed E-state index contributed by atoms with van der Waals surface area (Å²) < 4.78 is 21.8. The lowest BCUT2D eigenvalue weighted by atomic mass is 10.1. The number of hydrogen-bond donors (Lipinski definition) is 2. The van der Waals surface area contributed by atoms with Crippen LogP contribution in [0, 0.1) is 5.92 Å². The molecule has 1 saturated heterocycles.